The van der Waals surface area contributed by atoms with Crippen molar-refractivity contribution in [1.82, 2.24) is 9.88 Å². The fraction of sp³-hybridized carbons (Fsp3) is 0.267. The molecule has 2 heterocycles. The average Bonchev–Trinajstić information content (AvgIpc) is 3.24. The molecule has 7 nitrogen and oxygen atoms in total. The van der Waals surface area contributed by atoms with Gasteiger partial charge in [0.25, 0.3) is 11.8 Å². The van der Waals surface area contributed by atoms with Gasteiger partial charge in [0.05, 0.1) is 33.8 Å². The number of anilines is 1. The topological polar surface area (TPSA) is 88.6 Å². The Morgan fingerprint density at radius 2 is 1.62 bits per heavy atom. The Hall–Kier alpha value is -3.75. The van der Waals surface area contributed by atoms with E-state index in [0.29, 0.717) is 56.3 Å². The first kappa shape index (κ1) is 28.3. The molecule has 39 heavy (non-hydrogen) atoms. The van der Waals surface area contributed by atoms with Gasteiger partial charge in [-0.1, -0.05) is 41.9 Å². The van der Waals surface area contributed by atoms with Crippen LogP contribution in [0.15, 0.2) is 48.5 Å². The van der Waals surface area contributed by atoms with E-state index < -0.39 is 11.9 Å². The summed E-state index contributed by atoms with van der Waals surface area (Å²) in [6, 6.07) is 14.7. The quantitative estimate of drug-likeness (QED) is 0.230. The molecule has 202 valence electrons. The van der Waals surface area contributed by atoms with E-state index in [4.69, 9.17) is 21.3 Å². The summed E-state index contributed by atoms with van der Waals surface area (Å²) in [4.78, 5) is 47.1. The lowest BCUT2D eigenvalue weighted by atomic mass is 9.97. The molecular weight excluding hydrogens is 534 g/mol. The van der Waals surface area contributed by atoms with Crippen LogP contribution in [0, 0.1) is 13.8 Å². The molecule has 0 unspecified atom stereocenters. The number of thiophene rings is 1. The van der Waals surface area contributed by atoms with Crippen LogP contribution in [0.2, 0.25) is 5.02 Å². The number of amides is 2. The lowest BCUT2D eigenvalue weighted by molar-refractivity contribution is 0.0527. The molecule has 0 atom stereocenters. The van der Waals surface area contributed by atoms with Crippen LogP contribution in [0.25, 0.3) is 22.2 Å². The molecule has 0 saturated carbocycles. The van der Waals surface area contributed by atoms with E-state index in [1.165, 1.54) is 0 Å². The summed E-state index contributed by atoms with van der Waals surface area (Å²) in [5.41, 5.74) is 3.93. The summed E-state index contributed by atoms with van der Waals surface area (Å²) >= 11 is 7.19. The van der Waals surface area contributed by atoms with Crippen LogP contribution in [0.3, 0.4) is 0 Å². The fourth-order valence-corrected chi connectivity index (χ4v) is 5.85. The third kappa shape index (κ3) is 5.53. The molecule has 2 amide bonds. The van der Waals surface area contributed by atoms with Crippen LogP contribution in [0.1, 0.15) is 62.3 Å². The van der Waals surface area contributed by atoms with E-state index in [-0.39, 0.29) is 23.1 Å². The highest BCUT2D eigenvalue weighted by molar-refractivity contribution is 7.18. The maximum absolute atomic E-state index is 14.0. The molecule has 0 aliphatic rings. The Morgan fingerprint density at radius 1 is 0.949 bits per heavy atom. The van der Waals surface area contributed by atoms with Gasteiger partial charge in [-0.2, -0.15) is 0 Å². The number of para-hydroxylation sites is 1. The number of hydrogen-bond acceptors (Lipinski definition) is 6. The maximum Gasteiger partial charge on any atom is 0.341 e. The summed E-state index contributed by atoms with van der Waals surface area (Å²) in [5.74, 6) is -1.18. The number of esters is 1. The van der Waals surface area contributed by atoms with Crippen molar-refractivity contribution in [3.05, 3.63) is 80.7 Å². The molecular formula is C30H30ClN3O4S. The molecule has 0 saturated heterocycles. The van der Waals surface area contributed by atoms with Crippen molar-refractivity contribution in [2.45, 2.75) is 34.6 Å². The standard InChI is InChI=1S/C30H30ClN3O4S/c1-6-34(7-2)29(36)26-18(5)24(30(37)38-8-3)28(39-26)33-27(35)23-17(4)25(19-13-15-20(31)16-14-19)32-22-12-10-9-11-21(22)23/h9-16H,6-8H2,1-5H3,(H,33,35). The van der Waals surface area contributed by atoms with Crippen molar-refractivity contribution >= 4 is 56.6 Å². The summed E-state index contributed by atoms with van der Waals surface area (Å²) in [7, 11) is 0. The molecule has 4 rings (SSSR count). The number of nitrogens with zero attached hydrogens (tertiary/aromatic N) is 2. The summed E-state index contributed by atoms with van der Waals surface area (Å²) in [5, 5.41) is 4.49. The zero-order chi connectivity index (χ0) is 28.3. The minimum atomic E-state index is -0.585. The summed E-state index contributed by atoms with van der Waals surface area (Å²) < 4.78 is 5.29. The van der Waals surface area contributed by atoms with Gasteiger partial charge in [-0.3, -0.25) is 9.59 Å². The highest BCUT2D eigenvalue weighted by Crippen LogP contribution is 2.36. The lowest BCUT2D eigenvalue weighted by Crippen LogP contribution is -2.30. The predicted octanol–water partition coefficient (Wildman–Crippen LogP) is 7.14. The maximum atomic E-state index is 14.0. The van der Waals surface area contributed by atoms with Crippen molar-refractivity contribution in [2.24, 2.45) is 0 Å². The number of pyridine rings is 1. The van der Waals surface area contributed by atoms with Crippen LogP contribution < -0.4 is 5.32 Å². The molecule has 0 aliphatic carbocycles. The van der Waals surface area contributed by atoms with Gasteiger partial charge >= 0.3 is 5.97 Å². The fourth-order valence-electron chi connectivity index (χ4n) is 4.56. The Balaban J connectivity index is 1.85. The molecule has 0 aliphatic heterocycles. The molecule has 2 aromatic carbocycles. The summed E-state index contributed by atoms with van der Waals surface area (Å²) in [6.45, 7) is 10.3. The lowest BCUT2D eigenvalue weighted by Gasteiger charge is -2.18. The highest BCUT2D eigenvalue weighted by Gasteiger charge is 2.29. The zero-order valence-electron chi connectivity index (χ0n) is 22.6. The van der Waals surface area contributed by atoms with Gasteiger partial charge in [0.1, 0.15) is 5.00 Å². The predicted molar refractivity (Wildman–Crippen MR) is 157 cm³/mol. The number of aromatic nitrogens is 1. The minimum Gasteiger partial charge on any atom is -0.462 e. The smallest absolute Gasteiger partial charge is 0.341 e. The number of carbonyl (C=O) groups excluding carboxylic acids is 3. The van der Waals surface area contributed by atoms with Gasteiger partial charge in [0, 0.05) is 29.1 Å². The number of fused-ring (bicyclic) bond motifs is 1. The third-order valence-corrected chi connectivity index (χ3v) is 8.03. The SMILES string of the molecule is CCOC(=O)c1c(NC(=O)c2c(C)c(-c3ccc(Cl)cc3)nc3ccccc23)sc(C(=O)N(CC)CC)c1C. The van der Waals surface area contributed by atoms with Gasteiger partial charge in [0.15, 0.2) is 0 Å². The van der Waals surface area contributed by atoms with Crippen LogP contribution in [-0.2, 0) is 4.74 Å². The molecule has 9 heteroatoms. The van der Waals surface area contributed by atoms with Crippen LogP contribution >= 0.6 is 22.9 Å². The second kappa shape index (κ2) is 12.0. The third-order valence-electron chi connectivity index (χ3n) is 6.58. The summed E-state index contributed by atoms with van der Waals surface area (Å²) in [6.07, 6.45) is 0. The van der Waals surface area contributed by atoms with Gasteiger partial charge in [-0.15, -0.1) is 11.3 Å². The molecule has 4 aromatic rings. The molecule has 0 radical (unpaired) electrons. The number of rotatable bonds is 8. The second-order valence-electron chi connectivity index (χ2n) is 8.90. The van der Waals surface area contributed by atoms with E-state index in [0.717, 1.165) is 16.9 Å². The van der Waals surface area contributed by atoms with E-state index in [9.17, 15) is 14.4 Å². The Bertz CT molecular complexity index is 1560. The highest BCUT2D eigenvalue weighted by atomic mass is 35.5. The first-order chi connectivity index (χ1) is 18.7. The van der Waals surface area contributed by atoms with E-state index in [2.05, 4.69) is 5.32 Å². The Kier molecular flexibility index (Phi) is 8.67. The number of halogens is 1. The van der Waals surface area contributed by atoms with Gasteiger partial charge < -0.3 is 15.0 Å². The van der Waals surface area contributed by atoms with Gasteiger partial charge in [-0.25, -0.2) is 9.78 Å². The molecule has 2 aromatic heterocycles. The number of carbonyl (C=O) groups is 3. The monoisotopic (exact) mass is 563 g/mol. The molecule has 0 bridgehead atoms. The molecule has 1 N–H and O–H groups in total. The number of nitrogens with one attached hydrogen (secondary N) is 1. The largest absolute Gasteiger partial charge is 0.462 e. The van der Waals surface area contributed by atoms with E-state index in [1.807, 2.05) is 57.2 Å². The first-order valence-corrected chi connectivity index (χ1v) is 14.0. The molecule has 0 spiro atoms. The minimum absolute atomic E-state index is 0.166. The van der Waals surface area contributed by atoms with Gasteiger partial charge in [-0.05, 0) is 63.9 Å². The Labute approximate surface area is 236 Å². The normalized spacial score (nSPS) is 10.9. The van der Waals surface area contributed by atoms with Crippen molar-refractivity contribution in [1.29, 1.82) is 0 Å². The Morgan fingerprint density at radius 3 is 2.26 bits per heavy atom. The molecule has 0 fully saturated rings. The van der Waals surface area contributed by atoms with Crippen molar-refractivity contribution < 1.29 is 19.1 Å². The number of benzene rings is 2. The van der Waals surface area contributed by atoms with Crippen LogP contribution in [0.4, 0.5) is 5.00 Å². The number of ether oxygens (including phenoxy) is 1. The van der Waals surface area contributed by atoms with Crippen LogP contribution in [-0.4, -0.2) is 47.4 Å². The van der Waals surface area contributed by atoms with Crippen molar-refractivity contribution in [3.63, 3.8) is 0 Å². The van der Waals surface area contributed by atoms with Crippen molar-refractivity contribution in [3.8, 4) is 11.3 Å². The van der Waals surface area contributed by atoms with Crippen LogP contribution in [0.5, 0.6) is 0 Å². The first-order valence-electron chi connectivity index (χ1n) is 12.8. The second-order valence-corrected chi connectivity index (χ2v) is 10.4. The zero-order valence-corrected chi connectivity index (χ0v) is 24.1. The van der Waals surface area contributed by atoms with E-state index in [1.54, 1.807) is 30.9 Å². The number of hydrogen-bond donors (Lipinski definition) is 1. The van der Waals surface area contributed by atoms with E-state index >= 15 is 0 Å². The van der Waals surface area contributed by atoms with Gasteiger partial charge in [0.2, 0.25) is 0 Å². The van der Waals surface area contributed by atoms with Crippen molar-refractivity contribution in [2.75, 3.05) is 25.0 Å². The average molecular weight is 564 g/mol.